The van der Waals surface area contributed by atoms with Gasteiger partial charge in [-0.3, -0.25) is 9.88 Å². The van der Waals surface area contributed by atoms with Gasteiger partial charge in [0.25, 0.3) is 0 Å². The molecule has 0 aliphatic carbocycles. The first-order valence-electron chi connectivity index (χ1n) is 7.37. The van der Waals surface area contributed by atoms with Gasteiger partial charge in [0.05, 0.1) is 5.69 Å². The number of thioether (sulfide) groups is 1. The van der Waals surface area contributed by atoms with Crippen LogP contribution in [0.4, 0.5) is 4.79 Å². The maximum absolute atomic E-state index is 12.1. The molecule has 2 heterocycles. The van der Waals surface area contributed by atoms with Crippen molar-refractivity contribution in [1.82, 2.24) is 20.1 Å². The number of nitrogens with zero attached hydrogens (tertiary/aromatic N) is 3. The maximum Gasteiger partial charge on any atom is 0.317 e. The lowest BCUT2D eigenvalue weighted by Gasteiger charge is -2.34. The summed E-state index contributed by atoms with van der Waals surface area (Å²) in [6, 6.07) is 6.05. The second-order valence-corrected chi connectivity index (χ2v) is 6.59. The molecule has 1 aliphatic heterocycles. The highest BCUT2D eigenvalue weighted by molar-refractivity contribution is 7.99. The van der Waals surface area contributed by atoms with E-state index < -0.39 is 0 Å². The lowest BCUT2D eigenvalue weighted by molar-refractivity contribution is 0.134. The van der Waals surface area contributed by atoms with Crippen LogP contribution in [0.15, 0.2) is 24.4 Å². The summed E-state index contributed by atoms with van der Waals surface area (Å²) in [6.45, 7) is 7.09. The number of amides is 2. The van der Waals surface area contributed by atoms with Crippen LogP contribution in [0, 0.1) is 0 Å². The number of carbonyl (C=O) groups is 1. The highest BCUT2D eigenvalue weighted by Crippen LogP contribution is 2.07. The van der Waals surface area contributed by atoms with Gasteiger partial charge in [-0.15, -0.1) is 0 Å². The van der Waals surface area contributed by atoms with Crippen molar-refractivity contribution >= 4 is 17.8 Å². The van der Waals surface area contributed by atoms with Gasteiger partial charge in [-0.2, -0.15) is 11.8 Å². The van der Waals surface area contributed by atoms with Crippen LogP contribution in [0.5, 0.6) is 0 Å². The van der Waals surface area contributed by atoms with E-state index in [0.717, 1.165) is 45.0 Å². The molecular weight excluding hydrogens is 284 g/mol. The molecule has 1 N–H and O–H groups in total. The zero-order chi connectivity index (χ0) is 15.1. The fourth-order valence-corrected chi connectivity index (χ4v) is 2.51. The summed E-state index contributed by atoms with van der Waals surface area (Å²) in [5, 5.41) is 3.46. The van der Waals surface area contributed by atoms with Crippen LogP contribution < -0.4 is 5.32 Å². The number of nitrogens with one attached hydrogen (secondary N) is 1. The highest BCUT2D eigenvalue weighted by Gasteiger charge is 2.21. The van der Waals surface area contributed by atoms with E-state index in [1.165, 1.54) is 0 Å². The zero-order valence-electron chi connectivity index (χ0n) is 12.8. The number of rotatable bonds is 5. The lowest BCUT2D eigenvalue weighted by Crippen LogP contribution is -2.52. The van der Waals surface area contributed by atoms with E-state index >= 15 is 0 Å². The van der Waals surface area contributed by atoms with E-state index in [2.05, 4.69) is 28.4 Å². The predicted octanol–water partition coefficient (Wildman–Crippen LogP) is 1.66. The Morgan fingerprint density at radius 2 is 2.14 bits per heavy atom. The van der Waals surface area contributed by atoms with E-state index in [1.807, 2.05) is 29.3 Å². The molecule has 1 saturated heterocycles. The molecule has 0 radical (unpaired) electrons. The molecule has 1 fully saturated rings. The molecule has 0 aromatic carbocycles. The van der Waals surface area contributed by atoms with Gasteiger partial charge in [-0.1, -0.05) is 13.0 Å². The summed E-state index contributed by atoms with van der Waals surface area (Å²) >= 11 is 1.77. The number of carbonyl (C=O) groups excluding carboxylic acids is 1. The minimum Gasteiger partial charge on any atom is -0.337 e. The first-order valence-corrected chi connectivity index (χ1v) is 8.65. The number of piperazine rings is 1. The van der Waals surface area contributed by atoms with Crippen LogP contribution in [-0.4, -0.2) is 65.0 Å². The zero-order valence-corrected chi connectivity index (χ0v) is 13.6. The SMILES string of the molecule is CS[C@@H](C)CNC(=O)N1CCN(Cc2ccccn2)CC1. The van der Waals surface area contributed by atoms with Crippen LogP contribution in [0.2, 0.25) is 0 Å². The Morgan fingerprint density at radius 1 is 1.38 bits per heavy atom. The van der Waals surface area contributed by atoms with Gasteiger partial charge in [0.2, 0.25) is 0 Å². The molecule has 0 spiro atoms. The lowest BCUT2D eigenvalue weighted by atomic mass is 10.3. The molecule has 0 bridgehead atoms. The molecule has 1 aromatic rings. The summed E-state index contributed by atoms with van der Waals surface area (Å²) in [4.78, 5) is 20.7. The Labute approximate surface area is 131 Å². The monoisotopic (exact) mass is 308 g/mol. The number of hydrogen-bond acceptors (Lipinski definition) is 4. The van der Waals surface area contributed by atoms with Crippen molar-refractivity contribution in [2.24, 2.45) is 0 Å². The molecule has 1 atom stereocenters. The van der Waals surface area contributed by atoms with Crippen LogP contribution in [-0.2, 0) is 6.54 Å². The minimum absolute atomic E-state index is 0.0633. The Kier molecular flexibility index (Phi) is 6.32. The predicted molar refractivity (Wildman–Crippen MR) is 87.5 cm³/mol. The molecule has 21 heavy (non-hydrogen) atoms. The van der Waals surface area contributed by atoms with Gasteiger partial charge in [-0.05, 0) is 18.4 Å². The number of aromatic nitrogens is 1. The molecule has 5 nitrogen and oxygen atoms in total. The quantitative estimate of drug-likeness (QED) is 0.899. The van der Waals surface area contributed by atoms with E-state index in [-0.39, 0.29) is 6.03 Å². The van der Waals surface area contributed by atoms with Crippen molar-refractivity contribution in [3.05, 3.63) is 30.1 Å². The van der Waals surface area contributed by atoms with E-state index in [9.17, 15) is 4.79 Å². The summed E-state index contributed by atoms with van der Waals surface area (Å²) in [5.74, 6) is 0. The summed E-state index contributed by atoms with van der Waals surface area (Å²) < 4.78 is 0. The Balaban J connectivity index is 1.71. The molecule has 1 aromatic heterocycles. The van der Waals surface area contributed by atoms with E-state index in [0.29, 0.717) is 5.25 Å². The van der Waals surface area contributed by atoms with E-state index in [1.54, 1.807) is 11.8 Å². The van der Waals surface area contributed by atoms with Crippen molar-refractivity contribution in [3.8, 4) is 0 Å². The Morgan fingerprint density at radius 3 is 2.76 bits per heavy atom. The van der Waals surface area contributed by atoms with Gasteiger partial charge in [0, 0.05) is 50.7 Å². The first kappa shape index (κ1) is 16.1. The molecule has 1 aliphatic rings. The maximum atomic E-state index is 12.1. The summed E-state index contributed by atoms with van der Waals surface area (Å²) in [7, 11) is 0. The summed E-state index contributed by atoms with van der Waals surface area (Å²) in [6.07, 6.45) is 3.89. The first-order chi connectivity index (χ1) is 10.2. The third kappa shape index (κ3) is 5.21. The van der Waals surface area contributed by atoms with Crippen LogP contribution in [0.25, 0.3) is 0 Å². The van der Waals surface area contributed by atoms with Gasteiger partial charge in [0.15, 0.2) is 0 Å². The topological polar surface area (TPSA) is 48.5 Å². The molecule has 2 amide bonds. The molecular formula is C15H24N4OS. The fourth-order valence-electron chi connectivity index (χ4n) is 2.26. The largest absolute Gasteiger partial charge is 0.337 e. The Hall–Kier alpha value is -1.27. The van der Waals surface area contributed by atoms with Crippen molar-refractivity contribution in [2.45, 2.75) is 18.7 Å². The molecule has 0 unspecified atom stereocenters. The standard InChI is InChI=1S/C15H24N4OS/c1-13(21-2)11-17-15(20)19-9-7-18(8-10-19)12-14-5-3-4-6-16-14/h3-6,13H,7-12H2,1-2H3,(H,17,20)/t13-/m0/s1. The number of pyridine rings is 1. The van der Waals surface area contributed by atoms with Gasteiger partial charge in [0.1, 0.15) is 0 Å². The third-order valence-electron chi connectivity index (χ3n) is 3.71. The van der Waals surface area contributed by atoms with Gasteiger partial charge < -0.3 is 10.2 Å². The van der Waals surface area contributed by atoms with Crippen LogP contribution in [0.1, 0.15) is 12.6 Å². The number of hydrogen-bond donors (Lipinski definition) is 1. The van der Waals surface area contributed by atoms with Crippen molar-refractivity contribution in [3.63, 3.8) is 0 Å². The number of urea groups is 1. The second kappa shape index (κ2) is 8.24. The Bertz CT molecular complexity index is 435. The third-order valence-corrected chi connectivity index (χ3v) is 4.69. The highest BCUT2D eigenvalue weighted by atomic mass is 32.2. The average Bonchev–Trinajstić information content (AvgIpc) is 2.54. The van der Waals surface area contributed by atoms with Crippen LogP contribution in [0.3, 0.4) is 0 Å². The molecule has 116 valence electrons. The summed E-state index contributed by atoms with van der Waals surface area (Å²) in [5.41, 5.74) is 1.09. The van der Waals surface area contributed by atoms with E-state index in [4.69, 9.17) is 0 Å². The van der Waals surface area contributed by atoms with Crippen molar-refractivity contribution in [2.75, 3.05) is 39.0 Å². The molecule has 0 saturated carbocycles. The fraction of sp³-hybridized carbons (Fsp3) is 0.600. The average molecular weight is 308 g/mol. The molecule has 6 heteroatoms. The van der Waals surface area contributed by atoms with Gasteiger partial charge >= 0.3 is 6.03 Å². The minimum atomic E-state index is 0.0633. The van der Waals surface area contributed by atoms with Crippen molar-refractivity contribution in [1.29, 1.82) is 0 Å². The van der Waals surface area contributed by atoms with Gasteiger partial charge in [-0.25, -0.2) is 4.79 Å². The molecule has 2 rings (SSSR count). The van der Waals surface area contributed by atoms with Crippen LogP contribution >= 0.6 is 11.8 Å². The van der Waals surface area contributed by atoms with Crippen molar-refractivity contribution < 1.29 is 4.79 Å². The second-order valence-electron chi connectivity index (χ2n) is 5.32. The normalized spacial score (nSPS) is 17.5. The smallest absolute Gasteiger partial charge is 0.317 e.